The maximum Gasteiger partial charge on any atom is 0.326 e. The van der Waals surface area contributed by atoms with E-state index < -0.39 is 23.8 Å². The summed E-state index contributed by atoms with van der Waals surface area (Å²) in [5.74, 6) is -1.76. The van der Waals surface area contributed by atoms with E-state index in [2.05, 4.69) is 5.32 Å². The van der Waals surface area contributed by atoms with Crippen molar-refractivity contribution in [2.75, 3.05) is 18.1 Å². The van der Waals surface area contributed by atoms with Gasteiger partial charge in [-0.05, 0) is 24.6 Å². The van der Waals surface area contributed by atoms with Gasteiger partial charge < -0.3 is 20.1 Å². The van der Waals surface area contributed by atoms with E-state index in [9.17, 15) is 19.5 Å². The van der Waals surface area contributed by atoms with Gasteiger partial charge in [-0.15, -0.1) is 0 Å². The summed E-state index contributed by atoms with van der Waals surface area (Å²) >= 11 is 0. The first-order chi connectivity index (χ1) is 14.0. The van der Waals surface area contributed by atoms with Crippen LogP contribution >= 0.6 is 0 Å². The van der Waals surface area contributed by atoms with Gasteiger partial charge in [0.1, 0.15) is 11.8 Å². The molecule has 2 amide bonds. The molecule has 0 aromatic heterocycles. The maximum absolute atomic E-state index is 12.7. The largest absolute Gasteiger partial charge is 0.492 e. The van der Waals surface area contributed by atoms with Crippen LogP contribution in [-0.4, -0.2) is 42.1 Å². The van der Waals surface area contributed by atoms with Crippen molar-refractivity contribution in [3.05, 3.63) is 60.2 Å². The number of para-hydroxylation sites is 2. The summed E-state index contributed by atoms with van der Waals surface area (Å²) < 4.78 is 5.58. The molecular formula is C22H24N2O5. The van der Waals surface area contributed by atoms with Crippen LogP contribution in [-0.2, 0) is 20.8 Å². The Hall–Kier alpha value is -3.35. The number of hydrogen-bond donors (Lipinski definition) is 2. The number of nitrogens with zero attached hydrogens (tertiary/aromatic N) is 1. The fourth-order valence-corrected chi connectivity index (χ4v) is 3.41. The Bertz CT molecular complexity index is 884. The standard InChI is InChI=1S/C22H24N2O5/c1-2-29-19-11-7-6-10-18(19)24-14-16(13-20(24)25)21(26)23-17(22(27)28)12-15-8-4-3-5-9-15/h3-11,16-17H,2,12-14H2,1H3,(H,23,26)(H,27,28)/t16?,17-/m0/s1. The Morgan fingerprint density at radius 2 is 1.86 bits per heavy atom. The Kier molecular flexibility index (Phi) is 6.49. The number of carbonyl (C=O) groups is 3. The van der Waals surface area contributed by atoms with Gasteiger partial charge in [0.25, 0.3) is 0 Å². The Balaban J connectivity index is 1.69. The number of anilines is 1. The summed E-state index contributed by atoms with van der Waals surface area (Å²) in [5, 5.41) is 12.1. The third-order valence-electron chi connectivity index (χ3n) is 4.85. The SMILES string of the molecule is CCOc1ccccc1N1CC(C(=O)N[C@@H](Cc2ccccc2)C(=O)O)CC1=O. The third-order valence-corrected chi connectivity index (χ3v) is 4.85. The summed E-state index contributed by atoms with van der Waals surface area (Å²) in [4.78, 5) is 38.4. The summed E-state index contributed by atoms with van der Waals surface area (Å²) in [6, 6.07) is 15.2. The van der Waals surface area contributed by atoms with Crippen LogP contribution in [0, 0.1) is 5.92 Å². The zero-order valence-electron chi connectivity index (χ0n) is 16.2. The van der Waals surface area contributed by atoms with Crippen LogP contribution in [0.15, 0.2) is 54.6 Å². The van der Waals surface area contributed by atoms with Gasteiger partial charge in [0.05, 0.1) is 18.2 Å². The number of hydrogen-bond acceptors (Lipinski definition) is 4. The van der Waals surface area contributed by atoms with Crippen LogP contribution < -0.4 is 15.0 Å². The summed E-state index contributed by atoms with van der Waals surface area (Å²) in [6.07, 6.45) is 0.212. The lowest BCUT2D eigenvalue weighted by Gasteiger charge is -2.21. The number of benzene rings is 2. The molecule has 1 unspecified atom stereocenters. The van der Waals surface area contributed by atoms with Gasteiger partial charge in [-0.25, -0.2) is 4.79 Å². The van der Waals surface area contributed by atoms with Crippen LogP contribution in [0.3, 0.4) is 0 Å². The molecule has 0 saturated carbocycles. The second-order valence-electron chi connectivity index (χ2n) is 6.90. The molecule has 1 heterocycles. The van der Waals surface area contributed by atoms with E-state index >= 15 is 0 Å². The molecule has 29 heavy (non-hydrogen) atoms. The Morgan fingerprint density at radius 3 is 2.55 bits per heavy atom. The predicted octanol–water partition coefficient (Wildman–Crippen LogP) is 2.25. The fraction of sp³-hybridized carbons (Fsp3) is 0.318. The lowest BCUT2D eigenvalue weighted by molar-refractivity contribution is -0.142. The van der Waals surface area contributed by atoms with Gasteiger partial charge in [0, 0.05) is 19.4 Å². The van der Waals surface area contributed by atoms with Crippen molar-refractivity contribution in [2.45, 2.75) is 25.8 Å². The molecule has 2 atom stereocenters. The lowest BCUT2D eigenvalue weighted by Crippen LogP contribution is -2.45. The smallest absolute Gasteiger partial charge is 0.326 e. The van der Waals surface area contributed by atoms with Crippen LogP contribution in [0.1, 0.15) is 18.9 Å². The van der Waals surface area contributed by atoms with Gasteiger partial charge in [0.2, 0.25) is 11.8 Å². The van der Waals surface area contributed by atoms with Crippen molar-refractivity contribution in [3.8, 4) is 5.75 Å². The van der Waals surface area contributed by atoms with Crippen LogP contribution in [0.25, 0.3) is 0 Å². The highest BCUT2D eigenvalue weighted by atomic mass is 16.5. The molecule has 7 nitrogen and oxygen atoms in total. The summed E-state index contributed by atoms with van der Waals surface area (Å²) in [7, 11) is 0. The predicted molar refractivity (Wildman–Crippen MR) is 108 cm³/mol. The van der Waals surface area contributed by atoms with E-state index in [4.69, 9.17) is 4.74 Å². The fourth-order valence-electron chi connectivity index (χ4n) is 3.41. The lowest BCUT2D eigenvalue weighted by atomic mass is 10.0. The Labute approximate surface area is 169 Å². The molecular weight excluding hydrogens is 372 g/mol. The molecule has 0 bridgehead atoms. The molecule has 1 fully saturated rings. The third kappa shape index (κ3) is 4.93. The molecule has 2 N–H and O–H groups in total. The second-order valence-corrected chi connectivity index (χ2v) is 6.90. The molecule has 0 spiro atoms. The number of carbonyl (C=O) groups excluding carboxylic acids is 2. The number of amides is 2. The van der Waals surface area contributed by atoms with Crippen molar-refractivity contribution < 1.29 is 24.2 Å². The van der Waals surface area contributed by atoms with Crippen molar-refractivity contribution in [1.82, 2.24) is 5.32 Å². The van der Waals surface area contributed by atoms with Gasteiger partial charge in [-0.3, -0.25) is 9.59 Å². The normalized spacial score (nSPS) is 17.1. The van der Waals surface area contributed by atoms with Gasteiger partial charge >= 0.3 is 5.97 Å². The maximum atomic E-state index is 12.7. The van der Waals surface area contributed by atoms with Crippen LogP contribution in [0.2, 0.25) is 0 Å². The quantitative estimate of drug-likeness (QED) is 0.714. The van der Waals surface area contributed by atoms with E-state index in [0.717, 1.165) is 5.56 Å². The molecule has 3 rings (SSSR count). The van der Waals surface area contributed by atoms with Crippen LogP contribution in [0.5, 0.6) is 5.75 Å². The van der Waals surface area contributed by atoms with Crippen molar-refractivity contribution in [2.24, 2.45) is 5.92 Å². The monoisotopic (exact) mass is 396 g/mol. The molecule has 152 valence electrons. The minimum atomic E-state index is -1.11. The van der Waals surface area contributed by atoms with Crippen LogP contribution in [0.4, 0.5) is 5.69 Å². The van der Waals surface area contributed by atoms with Gasteiger partial charge in [-0.1, -0.05) is 42.5 Å². The zero-order valence-corrected chi connectivity index (χ0v) is 16.2. The molecule has 1 aliphatic heterocycles. The topological polar surface area (TPSA) is 95.9 Å². The zero-order chi connectivity index (χ0) is 20.8. The minimum absolute atomic E-state index is 0.0317. The first kappa shape index (κ1) is 20.4. The Morgan fingerprint density at radius 1 is 1.17 bits per heavy atom. The number of carboxylic acids is 1. The molecule has 2 aromatic carbocycles. The first-order valence-corrected chi connectivity index (χ1v) is 9.59. The highest BCUT2D eigenvalue weighted by molar-refractivity contribution is 6.01. The van der Waals surface area contributed by atoms with Gasteiger partial charge in [0.15, 0.2) is 0 Å². The van der Waals surface area contributed by atoms with Crippen molar-refractivity contribution in [3.63, 3.8) is 0 Å². The molecule has 1 aliphatic rings. The number of carboxylic acid groups (broad SMARTS) is 1. The molecule has 1 saturated heterocycles. The van der Waals surface area contributed by atoms with E-state index in [0.29, 0.717) is 18.0 Å². The number of aliphatic carboxylic acids is 1. The average Bonchev–Trinajstić information content (AvgIpc) is 3.10. The van der Waals surface area contributed by atoms with E-state index in [1.807, 2.05) is 43.3 Å². The molecule has 0 radical (unpaired) electrons. The van der Waals surface area contributed by atoms with Crippen molar-refractivity contribution >= 4 is 23.5 Å². The first-order valence-electron chi connectivity index (χ1n) is 9.59. The number of rotatable bonds is 8. The molecule has 2 aromatic rings. The highest BCUT2D eigenvalue weighted by Gasteiger charge is 2.37. The number of ether oxygens (including phenoxy) is 1. The molecule has 0 aliphatic carbocycles. The van der Waals surface area contributed by atoms with E-state index in [1.165, 1.54) is 4.90 Å². The minimum Gasteiger partial charge on any atom is -0.492 e. The number of nitrogens with one attached hydrogen (secondary N) is 1. The van der Waals surface area contributed by atoms with Gasteiger partial charge in [-0.2, -0.15) is 0 Å². The second kappa shape index (κ2) is 9.23. The highest BCUT2D eigenvalue weighted by Crippen LogP contribution is 2.33. The summed E-state index contributed by atoms with van der Waals surface area (Å²) in [5.41, 5.74) is 1.43. The average molecular weight is 396 g/mol. The van der Waals surface area contributed by atoms with Crippen molar-refractivity contribution in [1.29, 1.82) is 0 Å². The molecule has 7 heteroatoms. The van der Waals surface area contributed by atoms with E-state index in [-0.39, 0.29) is 25.3 Å². The van der Waals surface area contributed by atoms with E-state index in [1.54, 1.807) is 18.2 Å². The summed E-state index contributed by atoms with van der Waals surface area (Å²) in [6.45, 7) is 2.51.